The number of nitrogens with zero attached hydrogens (tertiary/aromatic N) is 1. The van der Waals surface area contributed by atoms with Crippen LogP contribution in [0.3, 0.4) is 0 Å². The first-order chi connectivity index (χ1) is 13.9. The van der Waals surface area contributed by atoms with Gasteiger partial charge in [-0.05, 0) is 56.4 Å². The first-order valence-corrected chi connectivity index (χ1v) is 9.49. The van der Waals surface area contributed by atoms with Crippen LogP contribution in [0.5, 0.6) is 0 Å². The summed E-state index contributed by atoms with van der Waals surface area (Å²) in [5.41, 5.74) is 4.68. The Morgan fingerprint density at radius 2 is 1.25 bits per heavy atom. The van der Waals surface area contributed by atoms with Crippen LogP contribution in [0.1, 0.15) is 11.3 Å². The predicted octanol–water partition coefficient (Wildman–Crippen LogP) is 7.23. The molecular formula is C27H19N. The second-order valence-corrected chi connectivity index (χ2v) is 6.87. The summed E-state index contributed by atoms with van der Waals surface area (Å²) in [5, 5.41) is 5.05. The van der Waals surface area contributed by atoms with Gasteiger partial charge in [0.25, 0.3) is 0 Å². The fourth-order valence-electron chi connectivity index (χ4n) is 3.82. The summed E-state index contributed by atoms with van der Waals surface area (Å²) < 4.78 is 0. The molecule has 0 saturated heterocycles. The number of fused-ring (bicyclic) bond motifs is 2. The molecular weight excluding hydrogens is 338 g/mol. The van der Waals surface area contributed by atoms with Crippen LogP contribution < -0.4 is 0 Å². The zero-order valence-corrected chi connectivity index (χ0v) is 15.4. The number of rotatable bonds is 3. The van der Waals surface area contributed by atoms with Crippen molar-refractivity contribution in [3.63, 3.8) is 0 Å². The quantitative estimate of drug-likeness (QED) is 0.332. The van der Waals surface area contributed by atoms with Gasteiger partial charge < -0.3 is 0 Å². The normalized spacial score (nSPS) is 11.4. The molecule has 0 bridgehead atoms. The number of hydrogen-bond donors (Lipinski definition) is 0. The number of aromatic nitrogens is 1. The lowest BCUT2D eigenvalue weighted by Gasteiger charge is -2.14. The highest BCUT2D eigenvalue weighted by Gasteiger charge is 2.11. The number of benzene rings is 4. The van der Waals surface area contributed by atoms with Gasteiger partial charge in [-0.3, -0.25) is 4.98 Å². The molecule has 0 amide bonds. The van der Waals surface area contributed by atoms with Crippen molar-refractivity contribution in [1.82, 2.24) is 4.98 Å². The molecule has 0 radical (unpaired) electrons. The Morgan fingerprint density at radius 1 is 0.536 bits per heavy atom. The van der Waals surface area contributed by atoms with Crippen molar-refractivity contribution in [2.45, 2.75) is 0 Å². The molecule has 0 fully saturated rings. The van der Waals surface area contributed by atoms with Crippen LogP contribution >= 0.6 is 0 Å². The van der Waals surface area contributed by atoms with Crippen LogP contribution in [0.2, 0.25) is 0 Å². The predicted molar refractivity (Wildman–Crippen MR) is 120 cm³/mol. The maximum absolute atomic E-state index is 4.42. The molecule has 5 rings (SSSR count). The summed E-state index contributed by atoms with van der Waals surface area (Å²) in [4.78, 5) is 4.42. The molecule has 0 atom stereocenters. The number of hydrogen-bond acceptors (Lipinski definition) is 1. The summed E-state index contributed by atoms with van der Waals surface area (Å²) in [7, 11) is 0. The highest BCUT2D eigenvalue weighted by molar-refractivity contribution is 6.08. The third kappa shape index (κ3) is 2.97. The van der Waals surface area contributed by atoms with Gasteiger partial charge in [-0.15, -0.1) is 0 Å². The molecule has 0 N–H and O–H groups in total. The van der Waals surface area contributed by atoms with Crippen molar-refractivity contribution in [2.24, 2.45) is 0 Å². The Bertz CT molecular complexity index is 1290. The van der Waals surface area contributed by atoms with Gasteiger partial charge >= 0.3 is 0 Å². The fourth-order valence-corrected chi connectivity index (χ4v) is 3.82. The summed E-state index contributed by atoms with van der Waals surface area (Å²) in [5.74, 6) is 0. The molecule has 1 nitrogen and oxygen atoms in total. The maximum Gasteiger partial charge on any atom is 0.0629 e. The monoisotopic (exact) mass is 357 g/mol. The molecule has 1 heteroatoms. The molecule has 0 aliphatic heterocycles. The first-order valence-electron chi connectivity index (χ1n) is 9.49. The maximum atomic E-state index is 4.42. The van der Waals surface area contributed by atoms with E-state index in [9.17, 15) is 0 Å². The average Bonchev–Trinajstić information content (AvgIpc) is 2.77. The molecule has 1 heterocycles. The largest absolute Gasteiger partial charge is 0.257 e. The van der Waals surface area contributed by atoms with Gasteiger partial charge in [0, 0.05) is 6.20 Å². The van der Waals surface area contributed by atoms with E-state index in [4.69, 9.17) is 0 Å². The van der Waals surface area contributed by atoms with E-state index in [0.717, 1.165) is 5.69 Å². The van der Waals surface area contributed by atoms with Crippen LogP contribution in [0, 0.1) is 0 Å². The van der Waals surface area contributed by atoms with Crippen molar-refractivity contribution in [1.29, 1.82) is 0 Å². The molecule has 0 unspecified atom stereocenters. The third-order valence-electron chi connectivity index (χ3n) is 5.14. The van der Waals surface area contributed by atoms with Crippen LogP contribution in [0.15, 0.2) is 103 Å². The summed E-state index contributed by atoms with van der Waals surface area (Å²) in [6.07, 6.45) is 6.08. The van der Waals surface area contributed by atoms with Crippen molar-refractivity contribution in [3.05, 3.63) is 115 Å². The minimum atomic E-state index is 0.958. The van der Waals surface area contributed by atoms with Crippen molar-refractivity contribution in [2.75, 3.05) is 0 Å². The van der Waals surface area contributed by atoms with Crippen molar-refractivity contribution >= 4 is 33.7 Å². The van der Waals surface area contributed by atoms with Gasteiger partial charge in [-0.1, -0.05) is 91.0 Å². The lowest BCUT2D eigenvalue weighted by atomic mass is 9.90. The van der Waals surface area contributed by atoms with E-state index in [-0.39, 0.29) is 0 Å². The van der Waals surface area contributed by atoms with E-state index in [0.29, 0.717) is 0 Å². The van der Waals surface area contributed by atoms with Gasteiger partial charge in [0.1, 0.15) is 0 Å². The van der Waals surface area contributed by atoms with E-state index in [1.54, 1.807) is 0 Å². The zero-order chi connectivity index (χ0) is 18.8. The van der Waals surface area contributed by atoms with Gasteiger partial charge in [-0.2, -0.15) is 0 Å². The first kappa shape index (κ1) is 16.5. The van der Waals surface area contributed by atoms with Gasteiger partial charge in [0.05, 0.1) is 5.69 Å². The second kappa shape index (κ2) is 7.13. The van der Waals surface area contributed by atoms with Crippen LogP contribution in [-0.2, 0) is 0 Å². The molecule has 0 aliphatic carbocycles. The molecule has 5 aromatic rings. The van der Waals surface area contributed by atoms with E-state index in [2.05, 4.69) is 96.0 Å². The minimum Gasteiger partial charge on any atom is -0.257 e. The topological polar surface area (TPSA) is 12.9 Å². The fraction of sp³-hybridized carbons (Fsp3) is 0. The molecule has 0 spiro atoms. The second-order valence-electron chi connectivity index (χ2n) is 6.87. The van der Waals surface area contributed by atoms with E-state index >= 15 is 0 Å². The van der Waals surface area contributed by atoms with Crippen LogP contribution in [0.4, 0.5) is 0 Å². The lowest BCUT2D eigenvalue weighted by Crippen LogP contribution is -1.88. The molecule has 28 heavy (non-hydrogen) atoms. The minimum absolute atomic E-state index is 0.958. The standard InChI is InChI=1S/C27H19N/c1-3-12-24-20(8-1)10-7-14-26(24)27-22(17-18-23-11-5-6-19-28-23)16-15-21-9-2-4-13-25(21)27/h1-19H/b18-17+. The highest BCUT2D eigenvalue weighted by Crippen LogP contribution is 2.37. The van der Waals surface area contributed by atoms with Crippen LogP contribution in [0.25, 0.3) is 44.8 Å². The van der Waals surface area contributed by atoms with Gasteiger partial charge in [-0.25, -0.2) is 0 Å². The molecule has 4 aromatic carbocycles. The van der Waals surface area contributed by atoms with E-state index in [1.165, 1.54) is 38.2 Å². The Kier molecular flexibility index (Phi) is 4.19. The molecule has 1 aromatic heterocycles. The van der Waals surface area contributed by atoms with E-state index < -0.39 is 0 Å². The average molecular weight is 357 g/mol. The van der Waals surface area contributed by atoms with Crippen molar-refractivity contribution < 1.29 is 0 Å². The highest BCUT2D eigenvalue weighted by atomic mass is 14.6. The Labute approximate surface area is 164 Å². The smallest absolute Gasteiger partial charge is 0.0629 e. The molecule has 0 saturated carbocycles. The lowest BCUT2D eigenvalue weighted by molar-refractivity contribution is 1.30. The summed E-state index contributed by atoms with van der Waals surface area (Å²) in [6.45, 7) is 0. The van der Waals surface area contributed by atoms with E-state index in [1.807, 2.05) is 24.4 Å². The number of pyridine rings is 1. The Hall–Kier alpha value is -3.71. The molecule has 0 aliphatic rings. The Balaban J connectivity index is 1.79. The summed E-state index contributed by atoms with van der Waals surface area (Å²) >= 11 is 0. The summed E-state index contributed by atoms with van der Waals surface area (Å²) in [6, 6.07) is 34.1. The third-order valence-corrected chi connectivity index (χ3v) is 5.14. The SMILES string of the molecule is C(=C\c1ccc2ccccc2c1-c1cccc2ccccc12)/c1ccccn1. The van der Waals surface area contributed by atoms with Gasteiger partial charge in [0.2, 0.25) is 0 Å². The zero-order valence-electron chi connectivity index (χ0n) is 15.4. The Morgan fingerprint density at radius 3 is 2.07 bits per heavy atom. The molecule has 132 valence electrons. The van der Waals surface area contributed by atoms with Gasteiger partial charge in [0.15, 0.2) is 0 Å². The van der Waals surface area contributed by atoms with Crippen molar-refractivity contribution in [3.8, 4) is 11.1 Å². The van der Waals surface area contributed by atoms with Crippen LogP contribution in [-0.4, -0.2) is 4.98 Å².